The standard InChI is InChI=1S/C12H13NO/c13-8-3-4-10-7-9-14-12-6-2-1-5-11(10)12/h1-2,5-6,10H,3-4,7,9H2. The summed E-state index contributed by atoms with van der Waals surface area (Å²) in [4.78, 5) is 0. The Balaban J connectivity index is 2.18. The van der Waals surface area contributed by atoms with Crippen molar-refractivity contribution in [2.75, 3.05) is 6.61 Å². The van der Waals surface area contributed by atoms with E-state index >= 15 is 0 Å². The summed E-state index contributed by atoms with van der Waals surface area (Å²) in [6, 6.07) is 10.3. The normalized spacial score (nSPS) is 19.2. The minimum Gasteiger partial charge on any atom is -0.493 e. The maximum atomic E-state index is 8.56. The molecule has 0 spiro atoms. The van der Waals surface area contributed by atoms with Gasteiger partial charge in [-0.05, 0) is 30.4 Å². The Morgan fingerprint density at radius 2 is 2.29 bits per heavy atom. The summed E-state index contributed by atoms with van der Waals surface area (Å²) in [6.45, 7) is 0.785. The zero-order chi connectivity index (χ0) is 9.80. The summed E-state index contributed by atoms with van der Waals surface area (Å²) in [5.74, 6) is 1.52. The number of nitrogens with zero attached hydrogens (tertiary/aromatic N) is 1. The van der Waals surface area contributed by atoms with Crippen LogP contribution in [0.2, 0.25) is 0 Å². The third kappa shape index (κ3) is 1.72. The van der Waals surface area contributed by atoms with E-state index in [9.17, 15) is 0 Å². The molecule has 2 heteroatoms. The molecule has 1 unspecified atom stereocenters. The number of para-hydroxylation sites is 1. The summed E-state index contributed by atoms with van der Waals surface area (Å²) in [6.07, 6.45) is 2.63. The molecule has 1 aliphatic heterocycles. The van der Waals surface area contributed by atoms with Crippen molar-refractivity contribution in [3.8, 4) is 11.8 Å². The van der Waals surface area contributed by atoms with Gasteiger partial charge >= 0.3 is 0 Å². The van der Waals surface area contributed by atoms with Gasteiger partial charge in [0.05, 0.1) is 12.7 Å². The number of nitriles is 1. The second-order valence-electron chi connectivity index (χ2n) is 3.57. The van der Waals surface area contributed by atoms with Crippen LogP contribution in [-0.2, 0) is 0 Å². The molecule has 0 bridgehead atoms. The lowest BCUT2D eigenvalue weighted by molar-refractivity contribution is 0.263. The average molecular weight is 187 g/mol. The van der Waals surface area contributed by atoms with Crippen LogP contribution in [0.4, 0.5) is 0 Å². The summed E-state index contributed by atoms with van der Waals surface area (Å²) in [5.41, 5.74) is 1.27. The van der Waals surface area contributed by atoms with Crippen molar-refractivity contribution in [2.24, 2.45) is 0 Å². The molecule has 14 heavy (non-hydrogen) atoms. The first-order chi connectivity index (χ1) is 6.92. The van der Waals surface area contributed by atoms with Crippen LogP contribution in [0.3, 0.4) is 0 Å². The molecule has 0 fully saturated rings. The van der Waals surface area contributed by atoms with Crippen LogP contribution in [0.25, 0.3) is 0 Å². The Labute approximate surface area is 84.1 Å². The zero-order valence-electron chi connectivity index (χ0n) is 8.07. The smallest absolute Gasteiger partial charge is 0.122 e. The van der Waals surface area contributed by atoms with E-state index in [1.54, 1.807) is 0 Å². The van der Waals surface area contributed by atoms with E-state index in [4.69, 9.17) is 10.00 Å². The zero-order valence-corrected chi connectivity index (χ0v) is 8.07. The highest BCUT2D eigenvalue weighted by atomic mass is 16.5. The monoisotopic (exact) mass is 187 g/mol. The molecular formula is C12H13NO. The van der Waals surface area contributed by atoms with Gasteiger partial charge in [0.25, 0.3) is 0 Å². The van der Waals surface area contributed by atoms with Crippen LogP contribution in [0.15, 0.2) is 24.3 Å². The predicted molar refractivity (Wildman–Crippen MR) is 54.1 cm³/mol. The molecule has 0 amide bonds. The largest absolute Gasteiger partial charge is 0.493 e. The minimum atomic E-state index is 0.514. The second kappa shape index (κ2) is 4.15. The minimum absolute atomic E-state index is 0.514. The number of ether oxygens (including phenoxy) is 1. The number of fused-ring (bicyclic) bond motifs is 1. The molecule has 0 saturated heterocycles. The molecule has 1 aromatic carbocycles. The molecule has 1 heterocycles. The van der Waals surface area contributed by atoms with Gasteiger partial charge in [0, 0.05) is 6.42 Å². The van der Waals surface area contributed by atoms with Crippen LogP contribution in [0, 0.1) is 11.3 Å². The van der Waals surface area contributed by atoms with Crippen LogP contribution in [0.1, 0.15) is 30.7 Å². The lowest BCUT2D eigenvalue weighted by Gasteiger charge is -2.25. The summed E-state index contributed by atoms with van der Waals surface area (Å²) in [5, 5.41) is 8.56. The second-order valence-corrected chi connectivity index (χ2v) is 3.57. The molecule has 1 aliphatic rings. The first kappa shape index (κ1) is 9.08. The number of hydrogen-bond acceptors (Lipinski definition) is 2. The van der Waals surface area contributed by atoms with Gasteiger partial charge in [0.2, 0.25) is 0 Å². The lowest BCUT2D eigenvalue weighted by atomic mass is 9.89. The number of rotatable bonds is 2. The summed E-state index contributed by atoms with van der Waals surface area (Å²) < 4.78 is 5.55. The molecule has 0 aliphatic carbocycles. The fraction of sp³-hybridized carbons (Fsp3) is 0.417. The van der Waals surface area contributed by atoms with Crippen molar-refractivity contribution in [3.05, 3.63) is 29.8 Å². The fourth-order valence-corrected chi connectivity index (χ4v) is 1.95. The highest BCUT2D eigenvalue weighted by Crippen LogP contribution is 2.35. The third-order valence-corrected chi connectivity index (χ3v) is 2.69. The fourth-order valence-electron chi connectivity index (χ4n) is 1.95. The van der Waals surface area contributed by atoms with Gasteiger partial charge in [0.1, 0.15) is 5.75 Å². The van der Waals surface area contributed by atoms with Gasteiger partial charge in [-0.3, -0.25) is 0 Å². The first-order valence-electron chi connectivity index (χ1n) is 5.00. The van der Waals surface area contributed by atoms with Gasteiger partial charge in [-0.1, -0.05) is 18.2 Å². The topological polar surface area (TPSA) is 33.0 Å². The molecule has 0 aromatic heterocycles. The van der Waals surface area contributed by atoms with E-state index in [0.29, 0.717) is 12.3 Å². The lowest BCUT2D eigenvalue weighted by Crippen LogP contribution is -2.13. The SMILES string of the molecule is N#CCCC1CCOc2ccccc21. The van der Waals surface area contributed by atoms with Crippen molar-refractivity contribution in [3.63, 3.8) is 0 Å². The van der Waals surface area contributed by atoms with Crippen LogP contribution in [-0.4, -0.2) is 6.61 Å². The number of hydrogen-bond donors (Lipinski definition) is 0. The molecule has 1 aromatic rings. The maximum absolute atomic E-state index is 8.56. The summed E-state index contributed by atoms with van der Waals surface area (Å²) in [7, 11) is 0. The molecule has 0 saturated carbocycles. The van der Waals surface area contributed by atoms with Gasteiger partial charge in [-0.25, -0.2) is 0 Å². The quantitative estimate of drug-likeness (QED) is 0.713. The maximum Gasteiger partial charge on any atom is 0.122 e. The third-order valence-electron chi connectivity index (χ3n) is 2.69. The highest BCUT2D eigenvalue weighted by Gasteiger charge is 2.19. The van der Waals surface area contributed by atoms with E-state index in [1.165, 1.54) is 5.56 Å². The van der Waals surface area contributed by atoms with Crippen molar-refractivity contribution in [2.45, 2.75) is 25.2 Å². The Kier molecular flexibility index (Phi) is 2.69. The Morgan fingerprint density at radius 1 is 1.43 bits per heavy atom. The Morgan fingerprint density at radius 3 is 3.14 bits per heavy atom. The molecule has 0 radical (unpaired) electrons. The average Bonchev–Trinajstić information content (AvgIpc) is 2.26. The van der Waals surface area contributed by atoms with E-state index in [2.05, 4.69) is 12.1 Å². The molecular weight excluding hydrogens is 174 g/mol. The first-order valence-corrected chi connectivity index (χ1v) is 5.00. The van der Waals surface area contributed by atoms with Crippen LogP contribution >= 0.6 is 0 Å². The Hall–Kier alpha value is -1.49. The van der Waals surface area contributed by atoms with E-state index in [0.717, 1.165) is 25.2 Å². The molecule has 2 rings (SSSR count). The van der Waals surface area contributed by atoms with Gasteiger partial charge < -0.3 is 4.74 Å². The molecule has 0 N–H and O–H groups in total. The van der Waals surface area contributed by atoms with Gasteiger partial charge in [-0.15, -0.1) is 0 Å². The molecule has 72 valence electrons. The van der Waals surface area contributed by atoms with Crippen LogP contribution in [0.5, 0.6) is 5.75 Å². The van der Waals surface area contributed by atoms with E-state index in [-0.39, 0.29) is 0 Å². The van der Waals surface area contributed by atoms with Crippen molar-refractivity contribution in [1.29, 1.82) is 5.26 Å². The van der Waals surface area contributed by atoms with Gasteiger partial charge in [-0.2, -0.15) is 5.26 Å². The predicted octanol–water partition coefficient (Wildman–Crippen LogP) is 2.86. The van der Waals surface area contributed by atoms with Crippen molar-refractivity contribution in [1.82, 2.24) is 0 Å². The summed E-state index contributed by atoms with van der Waals surface area (Å²) >= 11 is 0. The van der Waals surface area contributed by atoms with Crippen molar-refractivity contribution >= 4 is 0 Å². The van der Waals surface area contributed by atoms with E-state index < -0.39 is 0 Å². The van der Waals surface area contributed by atoms with Crippen LogP contribution < -0.4 is 4.74 Å². The number of benzene rings is 1. The molecule has 2 nitrogen and oxygen atoms in total. The van der Waals surface area contributed by atoms with Gasteiger partial charge in [0.15, 0.2) is 0 Å². The van der Waals surface area contributed by atoms with Crippen molar-refractivity contribution < 1.29 is 4.74 Å². The Bertz CT molecular complexity index is 354. The van der Waals surface area contributed by atoms with E-state index in [1.807, 2.05) is 18.2 Å². The molecule has 1 atom stereocenters. The highest BCUT2D eigenvalue weighted by molar-refractivity contribution is 5.37.